The summed E-state index contributed by atoms with van der Waals surface area (Å²) in [6.45, 7) is 4.55. The van der Waals surface area contributed by atoms with E-state index >= 15 is 0 Å². The number of hydrogen-bond donors (Lipinski definition) is 1. The highest BCUT2D eigenvalue weighted by Gasteiger charge is 2.34. The number of nitrogens with zero attached hydrogens (tertiary/aromatic N) is 1. The first-order valence-corrected chi connectivity index (χ1v) is 7.91. The smallest absolute Gasteiger partial charge is 0.252 e. The van der Waals surface area contributed by atoms with Gasteiger partial charge in [0.1, 0.15) is 4.21 Å². The highest BCUT2D eigenvalue weighted by Crippen LogP contribution is 2.29. The molecule has 1 aromatic heterocycles. The van der Waals surface area contributed by atoms with Crippen LogP contribution < -0.4 is 0 Å². The summed E-state index contributed by atoms with van der Waals surface area (Å²) in [5, 5.41) is 9.49. The molecule has 1 fully saturated rings. The molecule has 1 aliphatic rings. The van der Waals surface area contributed by atoms with Gasteiger partial charge in [-0.15, -0.1) is 11.3 Å². The number of aliphatic hydroxyl groups is 1. The van der Waals surface area contributed by atoms with E-state index in [1.54, 1.807) is 13.0 Å². The number of rotatable bonds is 3. The van der Waals surface area contributed by atoms with Crippen LogP contribution in [0.2, 0.25) is 0 Å². The zero-order valence-corrected chi connectivity index (χ0v) is 11.6. The topological polar surface area (TPSA) is 57.6 Å². The van der Waals surface area contributed by atoms with E-state index in [1.807, 2.05) is 13.0 Å². The lowest BCUT2D eigenvalue weighted by Gasteiger charge is -2.16. The standard InChI is InChI=1S/C11H17NO3S2/c1-8-3-4-11(16-8)17(14,15)12-6-5-10(7-12)9(2)13/h3-4,9-10,13H,5-7H2,1-2H3. The first-order chi connectivity index (χ1) is 7.91. The Morgan fingerprint density at radius 2 is 2.24 bits per heavy atom. The van der Waals surface area contributed by atoms with Crippen LogP contribution in [0, 0.1) is 12.8 Å². The van der Waals surface area contributed by atoms with Gasteiger partial charge in [0, 0.05) is 18.0 Å². The van der Waals surface area contributed by atoms with Crippen molar-refractivity contribution in [1.82, 2.24) is 4.31 Å². The molecule has 0 saturated carbocycles. The third kappa shape index (κ3) is 2.54. The fourth-order valence-corrected chi connectivity index (χ4v) is 4.99. The maximum atomic E-state index is 12.3. The van der Waals surface area contributed by atoms with Crippen molar-refractivity contribution in [2.75, 3.05) is 13.1 Å². The van der Waals surface area contributed by atoms with Gasteiger partial charge in [0.25, 0.3) is 10.0 Å². The zero-order valence-electron chi connectivity index (χ0n) is 9.96. The molecule has 0 aliphatic carbocycles. The molecular weight excluding hydrogens is 258 g/mol. The number of thiophene rings is 1. The van der Waals surface area contributed by atoms with Crippen LogP contribution in [0.4, 0.5) is 0 Å². The average Bonchev–Trinajstić information content (AvgIpc) is 2.85. The van der Waals surface area contributed by atoms with Gasteiger partial charge in [-0.2, -0.15) is 4.31 Å². The molecule has 0 spiro atoms. The van der Waals surface area contributed by atoms with Crippen molar-refractivity contribution in [3.8, 4) is 0 Å². The van der Waals surface area contributed by atoms with Gasteiger partial charge in [-0.25, -0.2) is 8.42 Å². The van der Waals surface area contributed by atoms with E-state index in [4.69, 9.17) is 0 Å². The number of aliphatic hydroxyl groups excluding tert-OH is 1. The SMILES string of the molecule is Cc1ccc(S(=O)(=O)N2CCC(C(C)O)C2)s1. The van der Waals surface area contributed by atoms with Crippen LogP contribution >= 0.6 is 11.3 Å². The molecule has 6 heteroatoms. The highest BCUT2D eigenvalue weighted by atomic mass is 32.2. The van der Waals surface area contributed by atoms with E-state index in [1.165, 1.54) is 15.6 Å². The Morgan fingerprint density at radius 3 is 2.71 bits per heavy atom. The van der Waals surface area contributed by atoms with Crippen LogP contribution in [0.15, 0.2) is 16.3 Å². The molecule has 2 rings (SSSR count). The second-order valence-corrected chi connectivity index (χ2v) is 7.97. The van der Waals surface area contributed by atoms with E-state index in [9.17, 15) is 13.5 Å². The molecule has 0 aromatic carbocycles. The molecule has 0 amide bonds. The van der Waals surface area contributed by atoms with Gasteiger partial charge in [0.15, 0.2) is 0 Å². The van der Waals surface area contributed by atoms with Crippen LogP contribution in [0.3, 0.4) is 0 Å². The number of aryl methyl sites for hydroxylation is 1. The monoisotopic (exact) mass is 275 g/mol. The Kier molecular flexibility index (Phi) is 3.58. The number of sulfonamides is 1. The Balaban J connectivity index is 2.18. The second kappa shape index (κ2) is 4.68. The van der Waals surface area contributed by atoms with Crippen molar-refractivity contribution in [1.29, 1.82) is 0 Å². The first-order valence-electron chi connectivity index (χ1n) is 5.66. The lowest BCUT2D eigenvalue weighted by molar-refractivity contribution is 0.133. The van der Waals surface area contributed by atoms with Crippen LogP contribution in [-0.4, -0.2) is 37.0 Å². The molecule has 1 N–H and O–H groups in total. The summed E-state index contributed by atoms with van der Waals surface area (Å²) in [7, 11) is -3.34. The Labute approximate surface area is 106 Å². The maximum Gasteiger partial charge on any atom is 0.252 e. The molecule has 96 valence electrons. The summed E-state index contributed by atoms with van der Waals surface area (Å²) in [5.74, 6) is 0.0610. The molecule has 1 saturated heterocycles. The maximum absolute atomic E-state index is 12.3. The molecule has 2 atom stereocenters. The van der Waals surface area contributed by atoms with Crippen LogP contribution in [0.5, 0.6) is 0 Å². The Hall–Kier alpha value is -0.430. The van der Waals surface area contributed by atoms with Crippen LogP contribution in [-0.2, 0) is 10.0 Å². The van der Waals surface area contributed by atoms with Gasteiger partial charge < -0.3 is 5.11 Å². The second-order valence-electron chi connectivity index (χ2n) is 4.52. The van der Waals surface area contributed by atoms with Crippen LogP contribution in [0.1, 0.15) is 18.2 Å². The summed E-state index contributed by atoms with van der Waals surface area (Å²) in [6, 6.07) is 3.48. The first kappa shape index (κ1) is 13.0. The van der Waals surface area contributed by atoms with Crippen molar-refractivity contribution in [2.45, 2.75) is 30.6 Å². The molecule has 2 unspecified atom stereocenters. The largest absolute Gasteiger partial charge is 0.393 e. The van der Waals surface area contributed by atoms with Crippen molar-refractivity contribution >= 4 is 21.4 Å². The Bertz CT molecular complexity index is 493. The van der Waals surface area contributed by atoms with E-state index in [0.717, 1.165) is 11.3 Å². The van der Waals surface area contributed by atoms with Gasteiger partial charge in [0.2, 0.25) is 0 Å². The summed E-state index contributed by atoms with van der Waals surface area (Å²) in [5.41, 5.74) is 0. The fourth-order valence-electron chi connectivity index (χ4n) is 2.04. The van der Waals surface area contributed by atoms with Crippen molar-refractivity contribution < 1.29 is 13.5 Å². The van der Waals surface area contributed by atoms with Crippen molar-refractivity contribution in [3.05, 3.63) is 17.0 Å². The Morgan fingerprint density at radius 1 is 1.53 bits per heavy atom. The van der Waals surface area contributed by atoms with Gasteiger partial charge >= 0.3 is 0 Å². The van der Waals surface area contributed by atoms with E-state index in [0.29, 0.717) is 17.3 Å². The van der Waals surface area contributed by atoms with Gasteiger partial charge in [-0.1, -0.05) is 0 Å². The predicted octanol–water partition coefficient (Wildman–Crippen LogP) is 1.45. The van der Waals surface area contributed by atoms with Crippen LogP contribution in [0.25, 0.3) is 0 Å². The van der Waals surface area contributed by atoms with Crippen molar-refractivity contribution in [3.63, 3.8) is 0 Å². The predicted molar refractivity (Wildman–Crippen MR) is 67.6 cm³/mol. The van der Waals surface area contributed by atoms with Crippen molar-refractivity contribution in [2.24, 2.45) is 5.92 Å². The summed E-state index contributed by atoms with van der Waals surface area (Å²) < 4.78 is 26.4. The van der Waals surface area contributed by atoms with Gasteiger partial charge in [-0.05, 0) is 38.3 Å². The lowest BCUT2D eigenvalue weighted by atomic mass is 10.0. The highest BCUT2D eigenvalue weighted by molar-refractivity contribution is 7.91. The normalized spacial score (nSPS) is 24.1. The average molecular weight is 275 g/mol. The third-order valence-electron chi connectivity index (χ3n) is 3.18. The summed E-state index contributed by atoms with van der Waals surface area (Å²) in [6.07, 6.45) is 0.293. The zero-order chi connectivity index (χ0) is 12.6. The lowest BCUT2D eigenvalue weighted by Crippen LogP contribution is -2.30. The molecule has 4 nitrogen and oxygen atoms in total. The molecule has 2 heterocycles. The summed E-state index contributed by atoms with van der Waals surface area (Å²) >= 11 is 1.30. The van der Waals surface area contributed by atoms with E-state index in [-0.39, 0.29) is 5.92 Å². The molecular formula is C11H17NO3S2. The number of hydrogen-bond acceptors (Lipinski definition) is 4. The quantitative estimate of drug-likeness (QED) is 0.908. The minimum atomic E-state index is -3.34. The fraction of sp³-hybridized carbons (Fsp3) is 0.636. The summed E-state index contributed by atoms with van der Waals surface area (Å²) in [4.78, 5) is 0.995. The molecule has 0 radical (unpaired) electrons. The minimum absolute atomic E-state index is 0.0610. The molecule has 17 heavy (non-hydrogen) atoms. The molecule has 0 bridgehead atoms. The molecule has 1 aliphatic heterocycles. The van der Waals surface area contributed by atoms with Gasteiger partial charge in [-0.3, -0.25) is 0 Å². The molecule has 1 aromatic rings. The van der Waals surface area contributed by atoms with Gasteiger partial charge in [0.05, 0.1) is 6.10 Å². The van der Waals surface area contributed by atoms with E-state index in [2.05, 4.69) is 0 Å². The minimum Gasteiger partial charge on any atom is -0.393 e. The van der Waals surface area contributed by atoms with E-state index < -0.39 is 16.1 Å². The third-order valence-corrected chi connectivity index (χ3v) is 6.51.